The van der Waals surface area contributed by atoms with Gasteiger partial charge in [0.05, 0.1) is 12.8 Å². The van der Waals surface area contributed by atoms with Crippen molar-refractivity contribution in [2.45, 2.75) is 19.9 Å². The summed E-state index contributed by atoms with van der Waals surface area (Å²) in [7, 11) is 1.51. The molecule has 3 aromatic rings. The molecule has 1 heterocycles. The van der Waals surface area contributed by atoms with E-state index in [2.05, 4.69) is 5.32 Å². The topological polar surface area (TPSA) is 61.9 Å². The summed E-state index contributed by atoms with van der Waals surface area (Å²) >= 11 is 0. The number of rotatable bonds is 6. The third-order valence-electron chi connectivity index (χ3n) is 5.68. The Morgan fingerprint density at radius 2 is 1.85 bits per heavy atom. The van der Waals surface area contributed by atoms with Gasteiger partial charge in [-0.3, -0.25) is 9.69 Å². The normalized spacial score (nSPS) is 13.7. The van der Waals surface area contributed by atoms with Gasteiger partial charge in [-0.2, -0.15) is 0 Å². The second kappa shape index (κ2) is 9.91. The third-order valence-corrected chi connectivity index (χ3v) is 5.68. The van der Waals surface area contributed by atoms with Crippen molar-refractivity contribution in [2.75, 3.05) is 30.4 Å². The first-order valence-corrected chi connectivity index (χ1v) is 10.9. The fraction of sp³-hybridized carbons (Fsp3) is 0.231. The zero-order chi connectivity index (χ0) is 24.2. The molecule has 1 saturated heterocycles. The van der Waals surface area contributed by atoms with Crippen LogP contribution in [-0.2, 0) is 6.54 Å². The molecule has 0 radical (unpaired) electrons. The van der Waals surface area contributed by atoms with Crippen molar-refractivity contribution in [1.82, 2.24) is 4.90 Å². The van der Waals surface area contributed by atoms with Gasteiger partial charge in [-0.1, -0.05) is 23.8 Å². The van der Waals surface area contributed by atoms with E-state index < -0.39 is 11.6 Å². The quantitative estimate of drug-likeness (QED) is 0.533. The summed E-state index contributed by atoms with van der Waals surface area (Å²) in [6.45, 7) is 3.01. The smallest absolute Gasteiger partial charge is 0.324 e. The highest BCUT2D eigenvalue weighted by molar-refractivity contribution is 6.05. The van der Waals surface area contributed by atoms with Crippen LogP contribution in [0, 0.1) is 18.6 Å². The average Bonchev–Trinajstić information content (AvgIpc) is 2.83. The van der Waals surface area contributed by atoms with Crippen molar-refractivity contribution in [3.8, 4) is 5.75 Å². The number of methoxy groups -OCH3 is 1. The van der Waals surface area contributed by atoms with E-state index in [9.17, 15) is 18.4 Å². The molecule has 8 heteroatoms. The number of nitrogens with one attached hydrogen (secondary N) is 1. The predicted octanol–water partition coefficient (Wildman–Crippen LogP) is 5.37. The fourth-order valence-corrected chi connectivity index (χ4v) is 3.98. The van der Waals surface area contributed by atoms with E-state index in [-0.39, 0.29) is 18.5 Å². The number of benzene rings is 3. The summed E-state index contributed by atoms with van der Waals surface area (Å²) in [6, 6.07) is 15.7. The molecular formula is C26H25F2N3O3. The molecule has 0 aliphatic carbocycles. The van der Waals surface area contributed by atoms with Crippen LogP contribution in [0.25, 0.3) is 0 Å². The van der Waals surface area contributed by atoms with Crippen LogP contribution >= 0.6 is 0 Å². The van der Waals surface area contributed by atoms with Crippen LogP contribution in [0.15, 0.2) is 60.7 Å². The summed E-state index contributed by atoms with van der Waals surface area (Å²) in [5.41, 5.74) is 3.05. The zero-order valence-corrected chi connectivity index (χ0v) is 19.0. The zero-order valence-electron chi connectivity index (χ0n) is 19.0. The predicted molar refractivity (Wildman–Crippen MR) is 126 cm³/mol. The molecule has 1 aliphatic heterocycles. The Hall–Kier alpha value is -3.94. The fourth-order valence-electron chi connectivity index (χ4n) is 3.98. The third kappa shape index (κ3) is 5.01. The summed E-state index contributed by atoms with van der Waals surface area (Å²) in [6.07, 6.45) is 0.679. The minimum Gasteiger partial charge on any atom is -0.495 e. The first kappa shape index (κ1) is 23.2. The molecule has 0 saturated carbocycles. The van der Waals surface area contributed by atoms with Crippen molar-refractivity contribution in [3.05, 3.63) is 89.0 Å². The first-order valence-electron chi connectivity index (χ1n) is 10.9. The summed E-state index contributed by atoms with van der Waals surface area (Å²) in [5, 5.41) is 2.87. The number of urea groups is 1. The van der Waals surface area contributed by atoms with Crippen molar-refractivity contribution in [3.63, 3.8) is 0 Å². The maximum Gasteiger partial charge on any atom is 0.324 e. The van der Waals surface area contributed by atoms with E-state index in [1.807, 2.05) is 19.1 Å². The molecule has 176 valence electrons. The molecule has 34 heavy (non-hydrogen) atoms. The molecule has 0 unspecified atom stereocenters. The minimum atomic E-state index is -0.947. The van der Waals surface area contributed by atoms with E-state index in [1.54, 1.807) is 40.1 Å². The number of carbonyl (C=O) groups excluding carboxylic acids is 2. The van der Waals surface area contributed by atoms with E-state index in [0.717, 1.165) is 17.7 Å². The number of hydrogen-bond acceptors (Lipinski definition) is 3. The van der Waals surface area contributed by atoms with Crippen molar-refractivity contribution in [1.29, 1.82) is 0 Å². The molecule has 3 amide bonds. The highest BCUT2D eigenvalue weighted by atomic mass is 19.2. The van der Waals surface area contributed by atoms with Crippen LogP contribution in [0.4, 0.5) is 25.0 Å². The lowest BCUT2D eigenvalue weighted by Crippen LogP contribution is -2.49. The highest BCUT2D eigenvalue weighted by Gasteiger charge is 2.29. The molecule has 0 aromatic heterocycles. The number of carbonyl (C=O) groups is 2. The van der Waals surface area contributed by atoms with Gasteiger partial charge in [-0.15, -0.1) is 0 Å². The summed E-state index contributed by atoms with van der Waals surface area (Å²) in [5.74, 6) is -1.65. The van der Waals surface area contributed by atoms with Crippen LogP contribution in [0.1, 0.15) is 27.9 Å². The maximum absolute atomic E-state index is 13.6. The van der Waals surface area contributed by atoms with Crippen LogP contribution in [-0.4, -0.2) is 37.0 Å². The minimum absolute atomic E-state index is 0.151. The van der Waals surface area contributed by atoms with Crippen molar-refractivity contribution < 1.29 is 23.1 Å². The van der Waals surface area contributed by atoms with Gasteiger partial charge in [0.1, 0.15) is 5.75 Å². The number of ether oxygens (including phenoxy) is 1. The van der Waals surface area contributed by atoms with E-state index in [0.29, 0.717) is 47.8 Å². The Labute approximate surface area is 196 Å². The van der Waals surface area contributed by atoms with Crippen molar-refractivity contribution >= 4 is 23.3 Å². The van der Waals surface area contributed by atoms with Gasteiger partial charge in [-0.25, -0.2) is 13.6 Å². The van der Waals surface area contributed by atoms with Gasteiger partial charge in [0.25, 0.3) is 5.91 Å². The molecule has 0 bridgehead atoms. The van der Waals surface area contributed by atoms with Gasteiger partial charge in [-0.05, 0) is 61.4 Å². The van der Waals surface area contributed by atoms with Gasteiger partial charge in [0, 0.05) is 30.9 Å². The Bertz CT molecular complexity index is 1230. The van der Waals surface area contributed by atoms with Crippen molar-refractivity contribution in [2.24, 2.45) is 0 Å². The molecule has 1 aliphatic rings. The van der Waals surface area contributed by atoms with Gasteiger partial charge >= 0.3 is 6.03 Å². The summed E-state index contributed by atoms with van der Waals surface area (Å²) in [4.78, 5) is 29.1. The van der Waals surface area contributed by atoms with Crippen LogP contribution in [0.2, 0.25) is 0 Å². The Morgan fingerprint density at radius 3 is 2.59 bits per heavy atom. The van der Waals surface area contributed by atoms with E-state index in [4.69, 9.17) is 4.74 Å². The average molecular weight is 466 g/mol. The lowest BCUT2D eigenvalue weighted by atomic mass is 10.1. The standard InChI is InChI=1S/C26H25F2N3O3/c1-17-5-3-6-19(13-17)25(32)29-20-8-10-24(34-2)23(15-20)31-12-4-11-30(26(31)33)16-18-7-9-21(27)22(28)14-18/h3,5-10,13-15H,4,11-12,16H2,1-2H3,(H,29,32). The van der Waals surface area contributed by atoms with Gasteiger partial charge in [0.15, 0.2) is 11.6 Å². The van der Waals surface area contributed by atoms with E-state index >= 15 is 0 Å². The number of amides is 3. The molecule has 4 rings (SSSR count). The largest absolute Gasteiger partial charge is 0.495 e. The van der Waals surface area contributed by atoms with Gasteiger partial charge < -0.3 is 15.0 Å². The molecule has 0 atom stereocenters. The Kier molecular flexibility index (Phi) is 6.77. The monoisotopic (exact) mass is 465 g/mol. The summed E-state index contributed by atoms with van der Waals surface area (Å²) < 4.78 is 32.4. The first-order chi connectivity index (χ1) is 16.4. The molecule has 3 aromatic carbocycles. The molecule has 0 spiro atoms. The number of anilines is 2. The second-order valence-corrected chi connectivity index (χ2v) is 8.17. The SMILES string of the molecule is COc1ccc(NC(=O)c2cccc(C)c2)cc1N1CCCN(Cc2ccc(F)c(F)c2)C1=O. The maximum atomic E-state index is 13.6. The molecular weight excluding hydrogens is 440 g/mol. The molecule has 6 nitrogen and oxygen atoms in total. The van der Waals surface area contributed by atoms with Crippen LogP contribution < -0.4 is 15.0 Å². The lowest BCUT2D eigenvalue weighted by Gasteiger charge is -2.36. The van der Waals surface area contributed by atoms with Crippen LogP contribution in [0.3, 0.4) is 0 Å². The Balaban J connectivity index is 1.56. The van der Waals surface area contributed by atoms with Gasteiger partial charge in [0.2, 0.25) is 0 Å². The number of aryl methyl sites for hydroxylation is 1. The second-order valence-electron chi connectivity index (χ2n) is 8.17. The number of nitrogens with zero attached hydrogens (tertiary/aromatic N) is 2. The highest BCUT2D eigenvalue weighted by Crippen LogP contribution is 2.34. The number of halogens is 2. The number of hydrogen-bond donors (Lipinski definition) is 1. The molecule has 1 N–H and O–H groups in total. The van der Waals surface area contributed by atoms with Crippen LogP contribution in [0.5, 0.6) is 5.75 Å². The lowest BCUT2D eigenvalue weighted by molar-refractivity contribution is 0.102. The molecule has 1 fully saturated rings. The van der Waals surface area contributed by atoms with E-state index in [1.165, 1.54) is 13.2 Å². The Morgan fingerprint density at radius 1 is 1.03 bits per heavy atom.